The van der Waals surface area contributed by atoms with Crippen LogP contribution in [0, 0.1) is 5.82 Å². The molecule has 7 heteroatoms. The van der Waals surface area contributed by atoms with Crippen molar-refractivity contribution in [1.29, 1.82) is 0 Å². The van der Waals surface area contributed by atoms with Gasteiger partial charge in [0.25, 0.3) is 5.56 Å². The first kappa shape index (κ1) is 17.7. The normalized spacial score (nSPS) is 10.8. The van der Waals surface area contributed by atoms with Crippen LogP contribution in [0.25, 0.3) is 10.9 Å². The molecule has 1 heterocycles. The lowest BCUT2D eigenvalue weighted by Crippen LogP contribution is -2.24. The van der Waals surface area contributed by atoms with Crippen molar-refractivity contribution in [2.45, 2.75) is 32.2 Å². The Bertz CT molecular complexity index is 971. The molecule has 0 atom stereocenters. The van der Waals surface area contributed by atoms with Gasteiger partial charge in [0.1, 0.15) is 11.3 Å². The minimum Gasteiger partial charge on any atom is -0.326 e. The molecule has 0 fully saturated rings. The molecule has 1 amide bonds. The lowest BCUT2D eigenvalue weighted by molar-refractivity contribution is -0.116. The maximum Gasteiger partial charge on any atom is 0.277 e. The van der Waals surface area contributed by atoms with Crippen LogP contribution < -0.4 is 10.9 Å². The fourth-order valence-corrected chi connectivity index (χ4v) is 2.68. The molecule has 0 aliphatic carbocycles. The van der Waals surface area contributed by atoms with E-state index >= 15 is 0 Å². The van der Waals surface area contributed by atoms with E-state index in [0.717, 1.165) is 12.8 Å². The average molecular weight is 354 g/mol. The molecule has 0 radical (unpaired) electrons. The van der Waals surface area contributed by atoms with E-state index in [9.17, 15) is 14.0 Å². The molecule has 3 aromatic rings. The maximum absolute atomic E-state index is 13.1. The summed E-state index contributed by atoms with van der Waals surface area (Å²) in [7, 11) is 0. The van der Waals surface area contributed by atoms with E-state index in [2.05, 4.69) is 15.6 Å². The van der Waals surface area contributed by atoms with Gasteiger partial charge in [-0.15, -0.1) is 5.10 Å². The number of unbranched alkanes of at least 4 members (excludes halogenated alkanes) is 2. The van der Waals surface area contributed by atoms with Crippen molar-refractivity contribution in [3.05, 3.63) is 64.7 Å². The summed E-state index contributed by atoms with van der Waals surface area (Å²) in [6.07, 6.45) is 2.52. The number of anilines is 1. The molecule has 1 aromatic heterocycles. The number of amides is 1. The van der Waals surface area contributed by atoms with Gasteiger partial charge in [-0.1, -0.05) is 29.8 Å². The van der Waals surface area contributed by atoms with Gasteiger partial charge >= 0.3 is 0 Å². The summed E-state index contributed by atoms with van der Waals surface area (Å²) < 4.78 is 14.4. The van der Waals surface area contributed by atoms with E-state index in [1.54, 1.807) is 30.3 Å². The monoisotopic (exact) mass is 354 g/mol. The third-order valence-corrected chi connectivity index (χ3v) is 4.01. The van der Waals surface area contributed by atoms with Crippen LogP contribution in [0.15, 0.2) is 53.3 Å². The first-order valence-electron chi connectivity index (χ1n) is 8.51. The third-order valence-electron chi connectivity index (χ3n) is 4.01. The SMILES string of the molecule is O=C(CCCCCn1nnc2ccccc2c1=O)Nc1cccc(F)c1. The van der Waals surface area contributed by atoms with Gasteiger partial charge < -0.3 is 5.32 Å². The van der Waals surface area contributed by atoms with Crippen molar-refractivity contribution in [2.24, 2.45) is 0 Å². The molecule has 0 saturated carbocycles. The molecule has 134 valence electrons. The van der Waals surface area contributed by atoms with Crippen molar-refractivity contribution in [1.82, 2.24) is 15.0 Å². The topological polar surface area (TPSA) is 76.9 Å². The largest absolute Gasteiger partial charge is 0.326 e. The van der Waals surface area contributed by atoms with E-state index in [-0.39, 0.29) is 17.3 Å². The summed E-state index contributed by atoms with van der Waals surface area (Å²) in [5.74, 6) is -0.539. The van der Waals surface area contributed by atoms with Gasteiger partial charge in [0.2, 0.25) is 5.91 Å². The molecule has 0 unspecified atom stereocenters. The van der Waals surface area contributed by atoms with E-state index in [4.69, 9.17) is 0 Å². The maximum atomic E-state index is 13.1. The highest BCUT2D eigenvalue weighted by molar-refractivity contribution is 5.90. The van der Waals surface area contributed by atoms with Crippen LogP contribution in [0.1, 0.15) is 25.7 Å². The Morgan fingerprint density at radius 3 is 2.77 bits per heavy atom. The highest BCUT2D eigenvalue weighted by Crippen LogP contribution is 2.11. The standard InChI is InChI=1S/C19H19FN4O2/c20-14-7-6-8-15(13-14)21-18(25)11-2-1-5-12-24-19(26)16-9-3-4-10-17(16)22-23-24/h3-4,6-10,13H,1-2,5,11-12H2,(H,21,25). The van der Waals surface area contributed by atoms with Crippen molar-refractivity contribution in [2.75, 3.05) is 5.32 Å². The van der Waals surface area contributed by atoms with Gasteiger partial charge in [-0.2, -0.15) is 0 Å². The number of benzene rings is 2. The molecule has 0 aliphatic heterocycles. The van der Waals surface area contributed by atoms with Crippen molar-refractivity contribution >= 4 is 22.5 Å². The van der Waals surface area contributed by atoms with Crippen LogP contribution in [0.5, 0.6) is 0 Å². The summed E-state index contributed by atoms with van der Waals surface area (Å²) in [5.41, 5.74) is 0.884. The molecule has 0 aliphatic rings. The second kappa shape index (κ2) is 8.33. The van der Waals surface area contributed by atoms with Gasteiger partial charge in [-0.25, -0.2) is 9.07 Å². The molecular formula is C19H19FN4O2. The lowest BCUT2D eigenvalue weighted by atomic mass is 10.2. The number of hydrogen-bond donors (Lipinski definition) is 1. The molecule has 2 aromatic carbocycles. The smallest absolute Gasteiger partial charge is 0.277 e. The number of nitrogens with zero attached hydrogens (tertiary/aromatic N) is 3. The second-order valence-corrected chi connectivity index (χ2v) is 6.00. The molecule has 26 heavy (non-hydrogen) atoms. The van der Waals surface area contributed by atoms with Gasteiger partial charge in [0.15, 0.2) is 0 Å². The number of hydrogen-bond acceptors (Lipinski definition) is 4. The summed E-state index contributed by atoms with van der Waals surface area (Å²) in [4.78, 5) is 24.1. The Labute approximate surface area is 149 Å². The Morgan fingerprint density at radius 2 is 1.92 bits per heavy atom. The Balaban J connectivity index is 1.44. The zero-order chi connectivity index (χ0) is 18.4. The highest BCUT2D eigenvalue weighted by Gasteiger charge is 2.06. The number of nitrogens with one attached hydrogen (secondary N) is 1. The second-order valence-electron chi connectivity index (χ2n) is 6.00. The molecule has 0 saturated heterocycles. The number of carbonyl (C=O) groups excluding carboxylic acids is 1. The Kier molecular flexibility index (Phi) is 5.68. The third kappa shape index (κ3) is 4.50. The molecular weight excluding hydrogens is 335 g/mol. The molecule has 1 N–H and O–H groups in total. The van der Waals surface area contributed by atoms with Crippen LogP contribution in [0.3, 0.4) is 0 Å². The number of halogens is 1. The first-order chi connectivity index (χ1) is 12.6. The van der Waals surface area contributed by atoms with Gasteiger partial charge in [0.05, 0.1) is 5.39 Å². The van der Waals surface area contributed by atoms with E-state index in [0.29, 0.717) is 36.0 Å². The van der Waals surface area contributed by atoms with Crippen LogP contribution in [0.2, 0.25) is 0 Å². The number of aromatic nitrogens is 3. The number of rotatable bonds is 7. The van der Waals surface area contributed by atoms with Gasteiger partial charge in [0, 0.05) is 18.7 Å². The summed E-state index contributed by atoms with van der Waals surface area (Å²) in [6, 6.07) is 12.9. The minimum absolute atomic E-state index is 0.153. The zero-order valence-corrected chi connectivity index (χ0v) is 14.2. The quantitative estimate of drug-likeness (QED) is 0.661. The average Bonchev–Trinajstić information content (AvgIpc) is 2.63. The van der Waals surface area contributed by atoms with E-state index < -0.39 is 0 Å². The molecule has 3 rings (SSSR count). The van der Waals surface area contributed by atoms with Crippen molar-refractivity contribution < 1.29 is 9.18 Å². The predicted octanol–water partition coefficient (Wildman–Crippen LogP) is 3.13. The Morgan fingerprint density at radius 1 is 1.08 bits per heavy atom. The highest BCUT2D eigenvalue weighted by atomic mass is 19.1. The lowest BCUT2D eigenvalue weighted by Gasteiger charge is -2.06. The molecule has 6 nitrogen and oxygen atoms in total. The fourth-order valence-electron chi connectivity index (χ4n) is 2.68. The minimum atomic E-state index is -0.385. The predicted molar refractivity (Wildman–Crippen MR) is 97.3 cm³/mol. The van der Waals surface area contributed by atoms with Crippen molar-refractivity contribution in [3.63, 3.8) is 0 Å². The van der Waals surface area contributed by atoms with Crippen LogP contribution in [-0.4, -0.2) is 20.9 Å². The van der Waals surface area contributed by atoms with Gasteiger partial charge in [-0.05, 0) is 43.2 Å². The van der Waals surface area contributed by atoms with Crippen LogP contribution in [0.4, 0.5) is 10.1 Å². The molecule has 0 bridgehead atoms. The van der Waals surface area contributed by atoms with Crippen LogP contribution in [-0.2, 0) is 11.3 Å². The summed E-state index contributed by atoms with van der Waals surface area (Å²) >= 11 is 0. The van der Waals surface area contributed by atoms with E-state index in [1.165, 1.54) is 16.8 Å². The van der Waals surface area contributed by atoms with Gasteiger partial charge in [-0.3, -0.25) is 9.59 Å². The van der Waals surface area contributed by atoms with E-state index in [1.807, 2.05) is 6.07 Å². The number of fused-ring (bicyclic) bond motifs is 1. The molecule has 0 spiro atoms. The number of aryl methyl sites for hydroxylation is 1. The zero-order valence-electron chi connectivity index (χ0n) is 14.2. The number of carbonyl (C=O) groups is 1. The summed E-state index contributed by atoms with van der Waals surface area (Å²) in [5, 5.41) is 11.2. The fraction of sp³-hybridized carbons (Fsp3) is 0.263. The van der Waals surface area contributed by atoms with Crippen molar-refractivity contribution in [3.8, 4) is 0 Å². The Hall–Kier alpha value is -3.09. The first-order valence-corrected chi connectivity index (χ1v) is 8.51. The van der Waals surface area contributed by atoms with Crippen LogP contribution >= 0.6 is 0 Å². The summed E-state index contributed by atoms with van der Waals surface area (Å²) in [6.45, 7) is 0.460.